The van der Waals surface area contributed by atoms with E-state index in [9.17, 15) is 4.79 Å². The third kappa shape index (κ3) is 3.61. The Morgan fingerprint density at radius 3 is 3.05 bits per heavy atom. The van der Waals surface area contributed by atoms with Gasteiger partial charge in [-0.2, -0.15) is 0 Å². The highest BCUT2D eigenvalue weighted by molar-refractivity contribution is 5.91. The lowest BCUT2D eigenvalue weighted by Gasteiger charge is -2.13. The minimum atomic E-state index is -0.343. The van der Waals surface area contributed by atoms with E-state index < -0.39 is 0 Å². The zero-order valence-corrected chi connectivity index (χ0v) is 11.1. The molecule has 1 heterocycles. The summed E-state index contributed by atoms with van der Waals surface area (Å²) in [5, 5.41) is 3.30. The van der Waals surface area contributed by atoms with Gasteiger partial charge in [0.2, 0.25) is 0 Å². The van der Waals surface area contributed by atoms with E-state index >= 15 is 0 Å². The van der Waals surface area contributed by atoms with Gasteiger partial charge in [0.1, 0.15) is 0 Å². The summed E-state index contributed by atoms with van der Waals surface area (Å²) in [6, 6.07) is 5.19. The summed E-state index contributed by atoms with van der Waals surface area (Å²) < 4.78 is 10.3. The number of anilines is 2. The molecule has 1 aromatic rings. The summed E-state index contributed by atoms with van der Waals surface area (Å²) in [5.41, 5.74) is 7.83. The average molecular weight is 264 g/mol. The van der Waals surface area contributed by atoms with E-state index in [0.717, 1.165) is 31.9 Å². The normalized spacial score (nSPS) is 18.3. The molecular weight excluding hydrogens is 244 g/mol. The van der Waals surface area contributed by atoms with Crippen molar-refractivity contribution in [1.29, 1.82) is 0 Å². The molecule has 0 aromatic heterocycles. The molecule has 104 valence electrons. The van der Waals surface area contributed by atoms with Gasteiger partial charge in [0.15, 0.2) is 0 Å². The summed E-state index contributed by atoms with van der Waals surface area (Å²) >= 11 is 0. The number of benzene rings is 1. The highest BCUT2D eigenvalue weighted by Crippen LogP contribution is 2.22. The molecule has 5 heteroatoms. The Morgan fingerprint density at radius 1 is 1.58 bits per heavy atom. The molecular formula is C14H20N2O3. The van der Waals surface area contributed by atoms with E-state index in [0.29, 0.717) is 23.8 Å². The molecule has 0 spiro atoms. The molecule has 1 fully saturated rings. The molecule has 5 nitrogen and oxygen atoms in total. The van der Waals surface area contributed by atoms with Gasteiger partial charge in [0, 0.05) is 19.1 Å². The summed E-state index contributed by atoms with van der Waals surface area (Å²) in [7, 11) is 0. The van der Waals surface area contributed by atoms with Crippen LogP contribution in [0.4, 0.5) is 11.4 Å². The van der Waals surface area contributed by atoms with Crippen molar-refractivity contribution in [2.24, 2.45) is 5.92 Å². The highest BCUT2D eigenvalue weighted by atomic mass is 16.5. The third-order valence-corrected chi connectivity index (χ3v) is 3.17. The molecule has 19 heavy (non-hydrogen) atoms. The third-order valence-electron chi connectivity index (χ3n) is 3.17. The van der Waals surface area contributed by atoms with Gasteiger partial charge < -0.3 is 20.5 Å². The topological polar surface area (TPSA) is 73.6 Å². The van der Waals surface area contributed by atoms with E-state index in [-0.39, 0.29) is 5.97 Å². The fourth-order valence-corrected chi connectivity index (χ4v) is 2.06. The number of ether oxygens (including phenoxy) is 2. The Bertz CT molecular complexity index is 442. The number of nitrogens with one attached hydrogen (secondary N) is 1. The van der Waals surface area contributed by atoms with Crippen LogP contribution in [0.15, 0.2) is 18.2 Å². The number of nitrogens with two attached hydrogens (primary N) is 1. The Balaban J connectivity index is 1.96. The minimum Gasteiger partial charge on any atom is -0.462 e. The van der Waals surface area contributed by atoms with Gasteiger partial charge in [-0.1, -0.05) is 0 Å². The number of rotatable bonds is 5. The fraction of sp³-hybridized carbons (Fsp3) is 0.500. The van der Waals surface area contributed by atoms with Crippen LogP contribution < -0.4 is 11.1 Å². The quantitative estimate of drug-likeness (QED) is 0.627. The highest BCUT2D eigenvalue weighted by Gasteiger charge is 2.16. The van der Waals surface area contributed by atoms with Gasteiger partial charge in [0.25, 0.3) is 0 Å². The van der Waals surface area contributed by atoms with Gasteiger partial charge in [0.05, 0.1) is 30.2 Å². The van der Waals surface area contributed by atoms with Gasteiger partial charge in [-0.05, 0) is 31.5 Å². The smallest absolute Gasteiger partial charge is 0.338 e. The maximum absolute atomic E-state index is 11.6. The monoisotopic (exact) mass is 264 g/mol. The Labute approximate surface area is 113 Å². The molecule has 0 amide bonds. The van der Waals surface area contributed by atoms with Crippen molar-refractivity contribution in [2.75, 3.05) is 37.4 Å². The van der Waals surface area contributed by atoms with Crippen LogP contribution in [0.25, 0.3) is 0 Å². The lowest BCUT2D eigenvalue weighted by Crippen LogP contribution is -2.15. The maximum atomic E-state index is 11.6. The number of nitrogen functional groups attached to an aromatic ring is 1. The van der Waals surface area contributed by atoms with Crippen LogP contribution in [0.1, 0.15) is 23.7 Å². The second kappa shape index (κ2) is 6.43. The predicted octanol–water partition coefficient (Wildman–Crippen LogP) is 1.89. The Kier molecular flexibility index (Phi) is 4.63. The molecule has 3 N–H and O–H groups in total. The van der Waals surface area contributed by atoms with Crippen LogP contribution in [-0.2, 0) is 9.47 Å². The largest absolute Gasteiger partial charge is 0.462 e. The van der Waals surface area contributed by atoms with Crippen molar-refractivity contribution < 1.29 is 14.3 Å². The van der Waals surface area contributed by atoms with Crippen molar-refractivity contribution in [2.45, 2.75) is 13.3 Å². The Morgan fingerprint density at radius 2 is 2.42 bits per heavy atom. The predicted molar refractivity (Wildman–Crippen MR) is 74.2 cm³/mol. The number of hydrogen-bond acceptors (Lipinski definition) is 5. The van der Waals surface area contributed by atoms with E-state index in [1.165, 1.54) is 0 Å². The minimum absolute atomic E-state index is 0.343. The molecule has 0 radical (unpaired) electrons. The van der Waals surface area contributed by atoms with Crippen LogP contribution >= 0.6 is 0 Å². The van der Waals surface area contributed by atoms with Crippen LogP contribution in [0, 0.1) is 5.92 Å². The Hall–Kier alpha value is -1.75. The molecule has 1 unspecified atom stereocenters. The van der Waals surface area contributed by atoms with E-state index in [2.05, 4.69) is 5.32 Å². The van der Waals surface area contributed by atoms with Gasteiger partial charge in [-0.25, -0.2) is 4.79 Å². The van der Waals surface area contributed by atoms with Crippen molar-refractivity contribution in [3.05, 3.63) is 23.8 Å². The first-order valence-corrected chi connectivity index (χ1v) is 6.59. The number of carbonyl (C=O) groups is 1. The van der Waals surface area contributed by atoms with Crippen LogP contribution in [0.3, 0.4) is 0 Å². The summed E-state index contributed by atoms with van der Waals surface area (Å²) in [6.45, 7) is 4.61. The van der Waals surface area contributed by atoms with Gasteiger partial charge in [-0.15, -0.1) is 0 Å². The summed E-state index contributed by atoms with van der Waals surface area (Å²) in [5.74, 6) is 0.189. The van der Waals surface area contributed by atoms with Crippen molar-refractivity contribution >= 4 is 17.3 Å². The summed E-state index contributed by atoms with van der Waals surface area (Å²) in [6.07, 6.45) is 1.08. The van der Waals surface area contributed by atoms with Crippen LogP contribution in [-0.4, -0.2) is 32.3 Å². The average Bonchev–Trinajstić information content (AvgIpc) is 2.90. The molecule has 2 rings (SSSR count). The molecule has 1 aliphatic rings. The lowest BCUT2D eigenvalue weighted by atomic mass is 10.1. The van der Waals surface area contributed by atoms with Crippen LogP contribution in [0.5, 0.6) is 0 Å². The second-order valence-electron chi connectivity index (χ2n) is 4.63. The first-order valence-electron chi connectivity index (χ1n) is 6.59. The lowest BCUT2D eigenvalue weighted by molar-refractivity contribution is 0.0526. The number of esters is 1. The van der Waals surface area contributed by atoms with E-state index in [1.807, 2.05) is 6.07 Å². The number of carbonyl (C=O) groups excluding carboxylic acids is 1. The van der Waals surface area contributed by atoms with Crippen molar-refractivity contribution in [3.8, 4) is 0 Å². The zero-order chi connectivity index (χ0) is 13.7. The standard InChI is InChI=1S/C14H20N2O3/c1-2-19-14(17)11-3-4-13(12(15)7-11)16-8-10-5-6-18-9-10/h3-4,7,10,16H,2,5-6,8-9,15H2,1H3. The van der Waals surface area contributed by atoms with E-state index in [1.54, 1.807) is 19.1 Å². The molecule has 1 aromatic carbocycles. The van der Waals surface area contributed by atoms with Crippen molar-refractivity contribution in [3.63, 3.8) is 0 Å². The van der Waals surface area contributed by atoms with E-state index in [4.69, 9.17) is 15.2 Å². The first-order chi connectivity index (χ1) is 9.20. The molecule has 0 aliphatic carbocycles. The van der Waals surface area contributed by atoms with Crippen LogP contribution in [0.2, 0.25) is 0 Å². The molecule has 1 aliphatic heterocycles. The van der Waals surface area contributed by atoms with Crippen molar-refractivity contribution in [1.82, 2.24) is 0 Å². The maximum Gasteiger partial charge on any atom is 0.338 e. The fourth-order valence-electron chi connectivity index (χ4n) is 2.06. The molecule has 1 atom stereocenters. The second-order valence-corrected chi connectivity index (χ2v) is 4.63. The van der Waals surface area contributed by atoms with Gasteiger partial charge >= 0.3 is 5.97 Å². The van der Waals surface area contributed by atoms with Gasteiger partial charge in [-0.3, -0.25) is 0 Å². The number of hydrogen-bond donors (Lipinski definition) is 2. The SMILES string of the molecule is CCOC(=O)c1ccc(NCC2CCOC2)c(N)c1. The molecule has 0 saturated carbocycles. The molecule has 1 saturated heterocycles. The molecule has 0 bridgehead atoms. The first kappa shape index (κ1) is 13.7. The summed E-state index contributed by atoms with van der Waals surface area (Å²) in [4.78, 5) is 11.6. The zero-order valence-electron chi connectivity index (χ0n) is 11.1.